The molecule has 6 nitrogen and oxygen atoms in total. The van der Waals surface area contributed by atoms with E-state index in [9.17, 15) is 9.90 Å². The highest BCUT2D eigenvalue weighted by atomic mass is 35.6. The minimum atomic E-state index is -2.03. The lowest BCUT2D eigenvalue weighted by molar-refractivity contribution is -0.253. The molecule has 50 heavy (non-hydrogen) atoms. The lowest BCUT2D eigenvalue weighted by Gasteiger charge is -2.38. The van der Waals surface area contributed by atoms with Gasteiger partial charge >= 0.3 is 0 Å². The minimum absolute atomic E-state index is 0.0125. The standard InChI is InChI=1S/C41H39Cl3N2O4/c42-41(43,44)40(48)45-24-32-13-7-14-34(21-32)35-15-8-16-36(22-35)39-49-37(23-38(50-39)33-19-17-31(28-47)18-20-33)27-46(25-29-9-3-1-4-10-29)26-30-11-5-2-6-12-30/h1-22,37-39,47H,23-28H2,(H,45,48)/t37-,38+,39+/m1/s1. The molecule has 0 radical (unpaired) electrons. The Bertz CT molecular complexity index is 1790. The SMILES string of the molecule is O=C(NCc1cccc(-c2cccc([C@H]3O[C@@H](CN(Cc4ccccc4)Cc4ccccc4)C[C@@H](c4ccc(CO)cc4)O3)c2)c1)C(Cl)(Cl)Cl. The second-order valence-corrected chi connectivity index (χ2v) is 14.8. The Kier molecular flexibility index (Phi) is 12.3. The van der Waals surface area contributed by atoms with Crippen molar-refractivity contribution in [1.82, 2.24) is 10.2 Å². The fourth-order valence-corrected chi connectivity index (χ4v) is 6.40. The Labute approximate surface area is 308 Å². The number of benzene rings is 5. The van der Waals surface area contributed by atoms with E-state index in [4.69, 9.17) is 44.3 Å². The molecular weight excluding hydrogens is 691 g/mol. The van der Waals surface area contributed by atoms with Gasteiger partial charge in [-0.3, -0.25) is 9.69 Å². The van der Waals surface area contributed by atoms with Crippen molar-refractivity contribution in [3.05, 3.63) is 167 Å². The molecule has 0 aliphatic carbocycles. The molecule has 0 aromatic heterocycles. The summed E-state index contributed by atoms with van der Waals surface area (Å²) in [6.45, 7) is 2.48. The van der Waals surface area contributed by atoms with Crippen LogP contribution in [0.3, 0.4) is 0 Å². The zero-order valence-corrected chi connectivity index (χ0v) is 29.7. The van der Waals surface area contributed by atoms with E-state index >= 15 is 0 Å². The average molecular weight is 730 g/mol. The largest absolute Gasteiger partial charge is 0.392 e. The van der Waals surface area contributed by atoms with E-state index < -0.39 is 16.0 Å². The molecule has 0 unspecified atom stereocenters. The molecule has 0 spiro atoms. The molecule has 1 saturated heterocycles. The van der Waals surface area contributed by atoms with Crippen molar-refractivity contribution in [2.45, 2.75) is 55.0 Å². The van der Waals surface area contributed by atoms with Crippen LogP contribution in [-0.2, 0) is 40.5 Å². The molecule has 1 heterocycles. The van der Waals surface area contributed by atoms with Gasteiger partial charge in [-0.25, -0.2) is 0 Å². The average Bonchev–Trinajstić information content (AvgIpc) is 3.14. The Morgan fingerprint density at radius 1 is 0.700 bits per heavy atom. The number of carbonyl (C=O) groups is 1. The summed E-state index contributed by atoms with van der Waals surface area (Å²) in [5, 5.41) is 12.3. The minimum Gasteiger partial charge on any atom is -0.392 e. The van der Waals surface area contributed by atoms with Gasteiger partial charge in [-0.1, -0.05) is 156 Å². The predicted molar refractivity (Wildman–Crippen MR) is 199 cm³/mol. The van der Waals surface area contributed by atoms with Crippen LogP contribution in [0.4, 0.5) is 0 Å². The van der Waals surface area contributed by atoms with Crippen molar-refractivity contribution in [1.29, 1.82) is 0 Å². The molecular formula is C41H39Cl3N2O4. The summed E-state index contributed by atoms with van der Waals surface area (Å²) >= 11 is 17.2. The first-order chi connectivity index (χ1) is 24.2. The summed E-state index contributed by atoms with van der Waals surface area (Å²) in [7, 11) is 0. The smallest absolute Gasteiger partial charge is 0.272 e. The summed E-state index contributed by atoms with van der Waals surface area (Å²) in [5.74, 6) is -0.678. The van der Waals surface area contributed by atoms with Gasteiger partial charge in [0.25, 0.3) is 9.70 Å². The van der Waals surface area contributed by atoms with Crippen LogP contribution in [0.5, 0.6) is 0 Å². The van der Waals surface area contributed by atoms with Crippen molar-refractivity contribution in [2.24, 2.45) is 0 Å². The van der Waals surface area contributed by atoms with Gasteiger partial charge in [0.15, 0.2) is 6.29 Å². The number of rotatable bonds is 12. The van der Waals surface area contributed by atoms with Gasteiger partial charge in [0.05, 0.1) is 18.8 Å². The molecule has 0 bridgehead atoms. The van der Waals surface area contributed by atoms with Gasteiger partial charge < -0.3 is 19.9 Å². The monoisotopic (exact) mass is 728 g/mol. The van der Waals surface area contributed by atoms with Gasteiger partial charge in [0.1, 0.15) is 0 Å². The summed E-state index contributed by atoms with van der Waals surface area (Å²) in [6.07, 6.45) is -0.276. The first-order valence-corrected chi connectivity index (χ1v) is 17.7. The molecule has 1 fully saturated rings. The van der Waals surface area contributed by atoms with Crippen LogP contribution in [0.1, 0.15) is 52.2 Å². The number of amides is 1. The lowest BCUT2D eigenvalue weighted by Crippen LogP contribution is -2.39. The summed E-state index contributed by atoms with van der Waals surface area (Å²) in [4.78, 5) is 14.5. The van der Waals surface area contributed by atoms with Crippen molar-refractivity contribution in [2.75, 3.05) is 6.54 Å². The molecule has 9 heteroatoms. The molecule has 6 rings (SSSR count). The molecule has 1 amide bonds. The maximum atomic E-state index is 12.1. The molecule has 5 aromatic carbocycles. The second kappa shape index (κ2) is 17.0. The van der Waals surface area contributed by atoms with Gasteiger partial charge in [-0.2, -0.15) is 0 Å². The van der Waals surface area contributed by atoms with Crippen LogP contribution in [0.2, 0.25) is 0 Å². The normalized spacial score (nSPS) is 17.8. The molecule has 1 aliphatic rings. The van der Waals surface area contributed by atoms with E-state index in [1.54, 1.807) is 0 Å². The fourth-order valence-electron chi connectivity index (χ4n) is 6.20. The highest BCUT2D eigenvalue weighted by molar-refractivity contribution is 6.76. The Hall–Kier alpha value is -3.72. The van der Waals surface area contributed by atoms with Crippen molar-refractivity contribution in [3.63, 3.8) is 0 Å². The molecule has 2 N–H and O–H groups in total. The first-order valence-electron chi connectivity index (χ1n) is 16.6. The van der Waals surface area contributed by atoms with E-state index in [1.165, 1.54) is 11.1 Å². The summed E-state index contributed by atoms with van der Waals surface area (Å²) in [6, 6.07) is 45.0. The lowest BCUT2D eigenvalue weighted by atomic mass is 9.98. The van der Waals surface area contributed by atoms with Gasteiger partial charge in [-0.05, 0) is 51.1 Å². The van der Waals surface area contributed by atoms with Crippen LogP contribution in [0.15, 0.2) is 133 Å². The fraction of sp³-hybridized carbons (Fsp3) is 0.244. The molecule has 258 valence electrons. The maximum Gasteiger partial charge on any atom is 0.272 e. The highest BCUT2D eigenvalue weighted by Crippen LogP contribution is 2.39. The number of ether oxygens (including phenoxy) is 2. The van der Waals surface area contributed by atoms with E-state index in [-0.39, 0.29) is 25.4 Å². The topological polar surface area (TPSA) is 71.0 Å². The quantitative estimate of drug-likeness (QED) is 0.126. The first kappa shape index (κ1) is 36.1. The molecule has 0 saturated carbocycles. The van der Waals surface area contributed by atoms with Gasteiger partial charge in [0.2, 0.25) is 0 Å². The highest BCUT2D eigenvalue weighted by Gasteiger charge is 2.34. The number of aliphatic hydroxyl groups is 1. The second-order valence-electron chi connectivity index (χ2n) is 12.5. The summed E-state index contributed by atoms with van der Waals surface area (Å²) in [5.41, 5.74) is 8.08. The van der Waals surface area contributed by atoms with Gasteiger partial charge in [0, 0.05) is 38.2 Å². The molecule has 1 aliphatic heterocycles. The van der Waals surface area contributed by atoms with Crippen LogP contribution >= 0.6 is 34.8 Å². The summed E-state index contributed by atoms with van der Waals surface area (Å²) < 4.78 is 11.5. The van der Waals surface area contributed by atoms with E-state index in [2.05, 4.69) is 64.8 Å². The number of aliphatic hydroxyl groups excluding tert-OH is 1. The van der Waals surface area contributed by atoms with Crippen LogP contribution in [0, 0.1) is 0 Å². The number of nitrogens with zero attached hydrogens (tertiary/aromatic N) is 1. The van der Waals surface area contributed by atoms with Crippen LogP contribution < -0.4 is 5.32 Å². The number of hydrogen-bond donors (Lipinski definition) is 2. The third-order valence-electron chi connectivity index (χ3n) is 8.70. The maximum absolute atomic E-state index is 12.1. The van der Waals surface area contributed by atoms with E-state index in [0.717, 1.165) is 46.5 Å². The zero-order valence-electron chi connectivity index (χ0n) is 27.4. The number of nitrogens with one attached hydrogen (secondary N) is 1. The van der Waals surface area contributed by atoms with E-state index in [0.29, 0.717) is 13.0 Å². The molecule has 3 atom stereocenters. The Morgan fingerprint density at radius 2 is 1.30 bits per heavy atom. The number of halogens is 3. The van der Waals surface area contributed by atoms with Crippen molar-refractivity contribution in [3.8, 4) is 11.1 Å². The van der Waals surface area contributed by atoms with Crippen molar-refractivity contribution >= 4 is 40.7 Å². The number of hydrogen-bond acceptors (Lipinski definition) is 5. The van der Waals surface area contributed by atoms with E-state index in [1.807, 2.05) is 78.9 Å². The van der Waals surface area contributed by atoms with Crippen LogP contribution in [-0.4, -0.2) is 32.4 Å². The predicted octanol–water partition coefficient (Wildman–Crippen LogP) is 9.08. The molecule has 5 aromatic rings. The third-order valence-corrected chi connectivity index (χ3v) is 9.22. The zero-order chi connectivity index (χ0) is 34.9. The number of carbonyl (C=O) groups excluding carboxylic acids is 1. The number of alkyl halides is 3. The van der Waals surface area contributed by atoms with Crippen LogP contribution in [0.25, 0.3) is 11.1 Å². The van der Waals surface area contributed by atoms with Crippen molar-refractivity contribution < 1.29 is 19.4 Å². The Balaban J connectivity index is 1.26. The van der Waals surface area contributed by atoms with Gasteiger partial charge in [-0.15, -0.1) is 0 Å². The third kappa shape index (κ3) is 9.95. The Morgan fingerprint density at radius 3 is 1.92 bits per heavy atom.